The van der Waals surface area contributed by atoms with Crippen LogP contribution in [0.5, 0.6) is 0 Å². The molecule has 0 nitrogen and oxygen atoms in total. The van der Waals surface area contributed by atoms with Crippen molar-refractivity contribution in [2.24, 2.45) is 98.6 Å². The molecule has 14 atom stereocenters. The molecule has 0 aromatic rings. The zero-order chi connectivity index (χ0) is 31.2. The molecule has 5 fully saturated rings. The second kappa shape index (κ2) is 11.2. The van der Waals surface area contributed by atoms with Gasteiger partial charge in [0.1, 0.15) is 0 Å². The van der Waals surface area contributed by atoms with Crippen LogP contribution in [-0.4, -0.2) is 0 Å². The number of allylic oxidation sites excluding steroid dienone is 1. The van der Waals surface area contributed by atoms with Gasteiger partial charge in [-0.2, -0.15) is 0 Å². The molecule has 0 spiro atoms. The summed E-state index contributed by atoms with van der Waals surface area (Å²) in [6, 6.07) is 0. The monoisotopic (exact) mass is 579 g/mol. The van der Waals surface area contributed by atoms with Crippen LogP contribution in [0.4, 0.5) is 0 Å². The highest BCUT2D eigenvalue weighted by atomic mass is 14.8. The molecule has 0 aliphatic heterocycles. The van der Waals surface area contributed by atoms with E-state index in [9.17, 15) is 0 Å². The van der Waals surface area contributed by atoms with E-state index in [-0.39, 0.29) is 5.41 Å². The summed E-state index contributed by atoms with van der Waals surface area (Å²) in [5.74, 6) is 10.4. The summed E-state index contributed by atoms with van der Waals surface area (Å²) < 4.78 is 0. The quantitative estimate of drug-likeness (QED) is 0.275. The first-order valence-corrected chi connectivity index (χ1v) is 19.1. The highest BCUT2D eigenvalue weighted by Crippen LogP contribution is 2.78. The fraction of sp³-hybridized carbons (Fsp3) is 0.952. The lowest BCUT2D eigenvalue weighted by Crippen LogP contribution is -2.70. The first-order chi connectivity index (χ1) is 19.5. The van der Waals surface area contributed by atoms with Crippen molar-refractivity contribution in [3.63, 3.8) is 0 Å². The van der Waals surface area contributed by atoms with Crippen molar-refractivity contribution in [2.75, 3.05) is 0 Å². The van der Waals surface area contributed by atoms with Gasteiger partial charge in [-0.3, -0.25) is 0 Å². The van der Waals surface area contributed by atoms with Crippen molar-refractivity contribution in [3.8, 4) is 0 Å². The van der Waals surface area contributed by atoms with Gasteiger partial charge in [-0.15, -0.1) is 0 Å². The van der Waals surface area contributed by atoms with Gasteiger partial charge < -0.3 is 0 Å². The van der Waals surface area contributed by atoms with Crippen LogP contribution >= 0.6 is 0 Å². The van der Waals surface area contributed by atoms with Crippen LogP contribution in [0.25, 0.3) is 0 Å². The van der Waals surface area contributed by atoms with Crippen molar-refractivity contribution in [3.05, 3.63) is 12.2 Å². The van der Waals surface area contributed by atoms with Crippen molar-refractivity contribution in [2.45, 2.75) is 154 Å². The highest BCUT2D eigenvalue weighted by molar-refractivity contribution is 5.30. The fourth-order valence-electron chi connectivity index (χ4n) is 15.2. The fourth-order valence-corrected chi connectivity index (χ4v) is 15.2. The Morgan fingerprint density at radius 1 is 0.857 bits per heavy atom. The van der Waals surface area contributed by atoms with E-state index in [4.69, 9.17) is 6.58 Å². The summed E-state index contributed by atoms with van der Waals surface area (Å²) in [5, 5.41) is 0. The lowest BCUT2D eigenvalue weighted by atomic mass is 9.28. The van der Waals surface area contributed by atoms with Crippen LogP contribution in [0.1, 0.15) is 154 Å². The molecule has 42 heavy (non-hydrogen) atoms. The molecule has 0 aromatic carbocycles. The molecule has 0 heterocycles. The van der Waals surface area contributed by atoms with Crippen LogP contribution < -0.4 is 0 Å². The third kappa shape index (κ3) is 4.53. The van der Waals surface area contributed by atoms with Crippen LogP contribution in [0.3, 0.4) is 0 Å². The number of rotatable bonds is 6. The first-order valence-electron chi connectivity index (χ1n) is 19.1. The molecule has 0 radical (unpaired) electrons. The van der Waals surface area contributed by atoms with Crippen molar-refractivity contribution < 1.29 is 0 Å². The maximum Gasteiger partial charge on any atom is -0.00310 e. The molecular formula is C42H74. The van der Waals surface area contributed by atoms with Crippen molar-refractivity contribution in [1.29, 1.82) is 0 Å². The van der Waals surface area contributed by atoms with Gasteiger partial charge in [0.15, 0.2) is 0 Å². The molecule has 0 heteroatoms. The van der Waals surface area contributed by atoms with Crippen LogP contribution in [0, 0.1) is 98.6 Å². The second-order valence-electron chi connectivity index (χ2n) is 19.5. The Kier molecular flexibility index (Phi) is 8.84. The van der Waals surface area contributed by atoms with Gasteiger partial charge in [0.05, 0.1) is 0 Å². The summed E-state index contributed by atoms with van der Waals surface area (Å²) in [7, 11) is 0. The molecule has 5 aliphatic carbocycles. The predicted molar refractivity (Wildman–Crippen MR) is 184 cm³/mol. The normalized spacial score (nSPS) is 51.8. The average molecular weight is 579 g/mol. The van der Waals surface area contributed by atoms with E-state index >= 15 is 0 Å². The Hall–Kier alpha value is -0.260. The van der Waals surface area contributed by atoms with E-state index in [0.717, 1.165) is 59.2 Å². The van der Waals surface area contributed by atoms with Crippen LogP contribution in [0.15, 0.2) is 12.2 Å². The van der Waals surface area contributed by atoms with Gasteiger partial charge in [0.2, 0.25) is 0 Å². The molecular weight excluding hydrogens is 504 g/mol. The Labute approximate surface area is 264 Å². The summed E-state index contributed by atoms with van der Waals surface area (Å²) >= 11 is 0. The third-order valence-electron chi connectivity index (χ3n) is 17.6. The molecule has 0 amide bonds. The topological polar surface area (TPSA) is 0 Å². The zero-order valence-electron chi connectivity index (χ0n) is 30.8. The average Bonchev–Trinajstić information content (AvgIpc) is 3.42. The van der Waals surface area contributed by atoms with Gasteiger partial charge >= 0.3 is 0 Å². The Balaban J connectivity index is 1.45. The number of hydrogen-bond acceptors (Lipinski definition) is 0. The zero-order valence-corrected chi connectivity index (χ0v) is 30.8. The van der Waals surface area contributed by atoms with E-state index in [0.29, 0.717) is 34.0 Å². The minimum Gasteiger partial charge on any atom is -0.0990 e. The van der Waals surface area contributed by atoms with Crippen LogP contribution in [0.2, 0.25) is 0 Å². The molecule has 14 unspecified atom stereocenters. The summed E-state index contributed by atoms with van der Waals surface area (Å²) in [6.07, 6.45) is 14.7. The predicted octanol–water partition coefficient (Wildman–Crippen LogP) is 12.7. The molecule has 5 aliphatic rings. The molecule has 0 saturated heterocycles. The highest BCUT2D eigenvalue weighted by Gasteiger charge is 2.72. The number of fused-ring (bicyclic) bond motifs is 3. The minimum atomic E-state index is 0.218. The SMILES string of the molecule is C=C1C(C(C)C)C(C)CC2(C)C(C)C3(C)C(C)C4CCC(C(C)(C)CCCC5CCCC5)C(C)C4C(C)C3C(C)C12C. The van der Waals surface area contributed by atoms with E-state index in [1.807, 2.05) is 0 Å². The Morgan fingerprint density at radius 3 is 2.07 bits per heavy atom. The Morgan fingerprint density at radius 2 is 1.48 bits per heavy atom. The van der Waals surface area contributed by atoms with E-state index < -0.39 is 0 Å². The summed E-state index contributed by atoms with van der Waals surface area (Å²) in [4.78, 5) is 0. The van der Waals surface area contributed by atoms with Gasteiger partial charge in [-0.05, 0) is 124 Å². The van der Waals surface area contributed by atoms with Gasteiger partial charge in [0.25, 0.3) is 0 Å². The molecule has 0 aromatic heterocycles. The smallest absolute Gasteiger partial charge is 0.00310 e. The van der Waals surface area contributed by atoms with E-state index in [1.54, 1.807) is 5.57 Å². The maximum absolute atomic E-state index is 5.06. The van der Waals surface area contributed by atoms with Crippen molar-refractivity contribution >= 4 is 0 Å². The first kappa shape index (κ1) is 33.1. The molecule has 0 bridgehead atoms. The van der Waals surface area contributed by atoms with E-state index in [1.165, 1.54) is 64.2 Å². The molecule has 242 valence electrons. The maximum atomic E-state index is 5.06. The minimum absolute atomic E-state index is 0.218. The van der Waals surface area contributed by atoms with Crippen molar-refractivity contribution in [1.82, 2.24) is 0 Å². The largest absolute Gasteiger partial charge is 0.0990 e. The molecule has 5 rings (SSSR count). The van der Waals surface area contributed by atoms with Gasteiger partial charge in [0, 0.05) is 0 Å². The number of hydrogen-bond donors (Lipinski definition) is 0. The molecule has 5 saturated carbocycles. The standard InChI is InChI=1S/C42H74/c1-25(2)36-26(3)24-40(12)32(9)41(13)29(6)34-21-22-35(39(10,11)23-17-20-33-18-15-16-19-33)27(4)37(34)28(5)38(41)31(8)42(40,14)30(36)7/h25-29,31-38H,7,15-24H2,1-6,8-14H3. The van der Waals surface area contributed by atoms with Crippen LogP contribution in [-0.2, 0) is 0 Å². The van der Waals surface area contributed by atoms with Gasteiger partial charge in [-0.25, -0.2) is 0 Å². The van der Waals surface area contributed by atoms with E-state index in [2.05, 4.69) is 90.0 Å². The summed E-state index contributed by atoms with van der Waals surface area (Å²) in [5.41, 5.74) is 3.05. The summed E-state index contributed by atoms with van der Waals surface area (Å²) in [6.45, 7) is 39.8. The Bertz CT molecular complexity index is 980. The lowest BCUT2D eigenvalue weighted by Gasteiger charge is -2.76. The molecule has 0 N–H and O–H groups in total. The van der Waals surface area contributed by atoms with Gasteiger partial charge in [-0.1, -0.05) is 141 Å². The second-order valence-corrected chi connectivity index (χ2v) is 19.5. The lowest BCUT2D eigenvalue weighted by molar-refractivity contribution is -0.261. The third-order valence-corrected chi connectivity index (χ3v) is 17.6.